The minimum Gasteiger partial charge on any atom is -0.309 e. The number of pyridine rings is 1. The fourth-order valence-corrected chi connectivity index (χ4v) is 3.07. The van der Waals surface area contributed by atoms with Crippen molar-refractivity contribution >= 4 is 27.3 Å². The molecule has 2 aromatic rings. The van der Waals surface area contributed by atoms with Crippen LogP contribution in [0.1, 0.15) is 23.5 Å². The maximum atomic E-state index is 4.31. The smallest absolute Gasteiger partial charge is 0.0701 e. The van der Waals surface area contributed by atoms with Crippen molar-refractivity contribution in [2.45, 2.75) is 19.4 Å². The molecule has 2 rings (SSSR count). The summed E-state index contributed by atoms with van der Waals surface area (Å²) in [6, 6.07) is 10.7. The lowest BCUT2D eigenvalue weighted by Gasteiger charge is -2.11. The summed E-state index contributed by atoms with van der Waals surface area (Å²) in [4.78, 5) is 5.67. The van der Waals surface area contributed by atoms with Gasteiger partial charge in [-0.1, -0.05) is 6.07 Å². The van der Waals surface area contributed by atoms with Gasteiger partial charge in [0, 0.05) is 35.8 Å². The predicted octanol–water partition coefficient (Wildman–Crippen LogP) is 3.80. The molecule has 2 heterocycles. The van der Waals surface area contributed by atoms with E-state index >= 15 is 0 Å². The van der Waals surface area contributed by atoms with Gasteiger partial charge in [0.2, 0.25) is 0 Å². The van der Waals surface area contributed by atoms with Gasteiger partial charge in [-0.05, 0) is 47.1 Å². The fourth-order valence-electron chi connectivity index (χ4n) is 1.62. The molecule has 17 heavy (non-hydrogen) atoms. The van der Waals surface area contributed by atoms with Crippen LogP contribution in [0.4, 0.5) is 0 Å². The summed E-state index contributed by atoms with van der Waals surface area (Å²) in [6.07, 6.45) is 2.81. The van der Waals surface area contributed by atoms with Gasteiger partial charge < -0.3 is 5.32 Å². The van der Waals surface area contributed by atoms with Crippen LogP contribution in [-0.4, -0.2) is 11.5 Å². The van der Waals surface area contributed by atoms with Gasteiger partial charge in [0.15, 0.2) is 0 Å². The normalized spacial score (nSPS) is 12.6. The van der Waals surface area contributed by atoms with Crippen molar-refractivity contribution < 1.29 is 0 Å². The van der Waals surface area contributed by atoms with Crippen LogP contribution in [-0.2, 0) is 6.42 Å². The van der Waals surface area contributed by atoms with Crippen molar-refractivity contribution in [1.82, 2.24) is 10.3 Å². The van der Waals surface area contributed by atoms with Crippen LogP contribution in [0.3, 0.4) is 0 Å². The summed E-state index contributed by atoms with van der Waals surface area (Å²) < 4.78 is 1.19. The molecule has 0 aliphatic carbocycles. The zero-order chi connectivity index (χ0) is 12.1. The Morgan fingerprint density at radius 3 is 2.88 bits per heavy atom. The van der Waals surface area contributed by atoms with Gasteiger partial charge >= 0.3 is 0 Å². The molecule has 0 aromatic carbocycles. The minimum absolute atomic E-state index is 0.398. The Hall–Kier alpha value is -0.710. The highest BCUT2D eigenvalue weighted by Crippen LogP contribution is 2.26. The van der Waals surface area contributed by atoms with Crippen LogP contribution in [0.25, 0.3) is 0 Å². The van der Waals surface area contributed by atoms with E-state index in [0.29, 0.717) is 6.04 Å². The molecule has 1 N–H and O–H groups in total. The maximum absolute atomic E-state index is 4.31. The SMILES string of the molecule is CC(NCCc1ccccn1)c1ccc(Br)s1. The molecule has 4 heteroatoms. The summed E-state index contributed by atoms with van der Waals surface area (Å²) in [5, 5.41) is 3.51. The van der Waals surface area contributed by atoms with Crippen LogP contribution in [0.15, 0.2) is 40.3 Å². The second-order valence-corrected chi connectivity index (χ2v) is 6.38. The molecule has 0 spiro atoms. The number of aromatic nitrogens is 1. The first-order valence-electron chi connectivity index (χ1n) is 5.64. The molecule has 0 saturated carbocycles. The summed E-state index contributed by atoms with van der Waals surface area (Å²) in [6.45, 7) is 3.14. The van der Waals surface area contributed by atoms with E-state index in [-0.39, 0.29) is 0 Å². The van der Waals surface area contributed by atoms with Crippen LogP contribution < -0.4 is 5.32 Å². The Morgan fingerprint density at radius 1 is 1.35 bits per heavy atom. The van der Waals surface area contributed by atoms with Crippen LogP contribution in [0.2, 0.25) is 0 Å². The minimum atomic E-state index is 0.398. The molecular weight excluding hydrogens is 296 g/mol. The standard InChI is InChI=1S/C13H15BrN2S/c1-10(12-5-6-13(14)17-12)15-9-7-11-4-2-3-8-16-11/h2-6,8,10,15H,7,9H2,1H3. The number of halogens is 1. The Balaban J connectivity index is 1.79. The molecule has 0 radical (unpaired) electrons. The number of hydrogen-bond acceptors (Lipinski definition) is 3. The highest BCUT2D eigenvalue weighted by Gasteiger charge is 2.06. The molecule has 0 aliphatic rings. The molecule has 0 fully saturated rings. The molecule has 90 valence electrons. The predicted molar refractivity (Wildman–Crippen MR) is 76.4 cm³/mol. The quantitative estimate of drug-likeness (QED) is 0.908. The monoisotopic (exact) mass is 310 g/mol. The van der Waals surface area contributed by atoms with Gasteiger partial charge in [-0.25, -0.2) is 0 Å². The lowest BCUT2D eigenvalue weighted by atomic mass is 10.2. The highest BCUT2D eigenvalue weighted by molar-refractivity contribution is 9.11. The number of rotatable bonds is 5. The van der Waals surface area contributed by atoms with Crippen molar-refractivity contribution in [2.75, 3.05) is 6.54 Å². The number of hydrogen-bond donors (Lipinski definition) is 1. The first kappa shape index (κ1) is 12.7. The van der Waals surface area contributed by atoms with Crippen molar-refractivity contribution in [3.63, 3.8) is 0 Å². The average molecular weight is 311 g/mol. The third-order valence-corrected chi connectivity index (χ3v) is 4.38. The first-order valence-corrected chi connectivity index (χ1v) is 7.25. The second kappa shape index (κ2) is 6.28. The van der Waals surface area contributed by atoms with Crippen LogP contribution in [0, 0.1) is 0 Å². The number of nitrogens with one attached hydrogen (secondary N) is 1. The van der Waals surface area contributed by atoms with E-state index in [0.717, 1.165) is 18.7 Å². The van der Waals surface area contributed by atoms with E-state index in [1.165, 1.54) is 8.66 Å². The lowest BCUT2D eigenvalue weighted by Crippen LogP contribution is -2.20. The number of nitrogens with zero attached hydrogens (tertiary/aromatic N) is 1. The Labute approximate surface area is 114 Å². The van der Waals surface area contributed by atoms with Crippen LogP contribution >= 0.6 is 27.3 Å². The van der Waals surface area contributed by atoms with Gasteiger partial charge in [0.05, 0.1) is 3.79 Å². The van der Waals surface area contributed by atoms with E-state index < -0.39 is 0 Å². The fraction of sp³-hybridized carbons (Fsp3) is 0.308. The summed E-state index contributed by atoms with van der Waals surface area (Å²) in [7, 11) is 0. The largest absolute Gasteiger partial charge is 0.309 e. The van der Waals surface area contributed by atoms with Gasteiger partial charge in [0.1, 0.15) is 0 Å². The molecule has 1 unspecified atom stereocenters. The topological polar surface area (TPSA) is 24.9 Å². The van der Waals surface area contributed by atoms with Crippen molar-refractivity contribution in [2.24, 2.45) is 0 Å². The highest BCUT2D eigenvalue weighted by atomic mass is 79.9. The van der Waals surface area contributed by atoms with Crippen molar-refractivity contribution in [1.29, 1.82) is 0 Å². The molecular formula is C13H15BrN2S. The molecule has 1 atom stereocenters. The van der Waals surface area contributed by atoms with E-state index in [9.17, 15) is 0 Å². The van der Waals surface area contributed by atoms with Gasteiger partial charge in [-0.2, -0.15) is 0 Å². The molecule has 2 nitrogen and oxygen atoms in total. The number of thiophene rings is 1. The Bertz CT molecular complexity index is 455. The summed E-state index contributed by atoms with van der Waals surface area (Å²) >= 11 is 5.27. The van der Waals surface area contributed by atoms with E-state index in [1.807, 2.05) is 18.3 Å². The Morgan fingerprint density at radius 2 is 2.24 bits per heavy atom. The van der Waals surface area contributed by atoms with Gasteiger partial charge in [-0.3, -0.25) is 4.98 Å². The average Bonchev–Trinajstić information content (AvgIpc) is 2.77. The third-order valence-electron chi connectivity index (χ3n) is 2.58. The van der Waals surface area contributed by atoms with Crippen molar-refractivity contribution in [3.05, 3.63) is 50.9 Å². The zero-order valence-electron chi connectivity index (χ0n) is 9.69. The second-order valence-electron chi connectivity index (χ2n) is 3.89. The van der Waals surface area contributed by atoms with E-state index in [4.69, 9.17) is 0 Å². The van der Waals surface area contributed by atoms with Gasteiger partial charge in [0.25, 0.3) is 0 Å². The summed E-state index contributed by atoms with van der Waals surface area (Å²) in [5.74, 6) is 0. The third kappa shape index (κ3) is 3.91. The molecule has 2 aromatic heterocycles. The van der Waals surface area contributed by atoms with Crippen molar-refractivity contribution in [3.8, 4) is 0 Å². The first-order chi connectivity index (χ1) is 8.25. The maximum Gasteiger partial charge on any atom is 0.0701 e. The van der Waals surface area contributed by atoms with E-state index in [2.05, 4.69) is 51.4 Å². The van der Waals surface area contributed by atoms with Crippen LogP contribution in [0.5, 0.6) is 0 Å². The van der Waals surface area contributed by atoms with E-state index in [1.54, 1.807) is 11.3 Å². The Kier molecular flexibility index (Phi) is 4.71. The summed E-state index contributed by atoms with van der Waals surface area (Å²) in [5.41, 5.74) is 1.14. The lowest BCUT2D eigenvalue weighted by molar-refractivity contribution is 0.581. The molecule has 0 saturated heterocycles. The zero-order valence-corrected chi connectivity index (χ0v) is 12.1. The molecule has 0 bridgehead atoms. The molecule has 0 amide bonds. The van der Waals surface area contributed by atoms with Gasteiger partial charge in [-0.15, -0.1) is 11.3 Å². The molecule has 0 aliphatic heterocycles.